The summed E-state index contributed by atoms with van der Waals surface area (Å²) in [6, 6.07) is 6.58. The number of hydrogen-bond donors (Lipinski definition) is 1. The van der Waals surface area contributed by atoms with Crippen LogP contribution in [0.4, 0.5) is 20.2 Å². The first-order chi connectivity index (χ1) is 13.5. The second-order valence-electron chi connectivity index (χ2n) is 7.24. The van der Waals surface area contributed by atoms with E-state index in [0.29, 0.717) is 17.5 Å². The first kappa shape index (κ1) is 20.8. The van der Waals surface area contributed by atoms with Crippen LogP contribution in [0.2, 0.25) is 0 Å². The number of fused-ring (bicyclic) bond motifs is 1. The smallest absolute Gasteiger partial charge is 0.264 e. The lowest BCUT2D eigenvalue weighted by Gasteiger charge is -2.27. The van der Waals surface area contributed by atoms with Gasteiger partial charge in [0.2, 0.25) is 5.91 Å². The van der Waals surface area contributed by atoms with Gasteiger partial charge < -0.3 is 9.64 Å². The van der Waals surface area contributed by atoms with Gasteiger partial charge in [0, 0.05) is 12.6 Å². The molecular weight excluding hydrogens is 402 g/mol. The van der Waals surface area contributed by atoms with Crippen molar-refractivity contribution >= 4 is 27.3 Å². The fraction of sp³-hybridized carbons (Fsp3) is 0.250. The van der Waals surface area contributed by atoms with E-state index in [1.165, 1.54) is 23.1 Å². The highest BCUT2D eigenvalue weighted by atomic mass is 32.2. The SMILES string of the molecule is C=CCN1C(=O)C(C)(C)COc2ccc(NS(=O)(=O)c3ccc(F)cc3F)cc21. The van der Waals surface area contributed by atoms with Crippen LogP contribution in [0.15, 0.2) is 53.9 Å². The van der Waals surface area contributed by atoms with Gasteiger partial charge in [-0.05, 0) is 44.2 Å². The summed E-state index contributed by atoms with van der Waals surface area (Å²) in [6.45, 7) is 7.50. The summed E-state index contributed by atoms with van der Waals surface area (Å²) in [6.07, 6.45) is 1.55. The van der Waals surface area contributed by atoms with Crippen molar-refractivity contribution in [2.75, 3.05) is 22.8 Å². The zero-order valence-electron chi connectivity index (χ0n) is 15.9. The highest BCUT2D eigenvalue weighted by Crippen LogP contribution is 2.38. The first-order valence-electron chi connectivity index (χ1n) is 8.73. The van der Waals surface area contributed by atoms with Crippen LogP contribution < -0.4 is 14.4 Å². The Hall–Kier alpha value is -2.94. The Bertz CT molecular complexity index is 1080. The van der Waals surface area contributed by atoms with Gasteiger partial charge in [-0.15, -0.1) is 6.58 Å². The third kappa shape index (κ3) is 4.09. The molecular formula is C20H20F2N2O4S. The fourth-order valence-corrected chi connectivity index (χ4v) is 4.03. The van der Waals surface area contributed by atoms with Crippen molar-refractivity contribution < 1.29 is 26.7 Å². The zero-order valence-corrected chi connectivity index (χ0v) is 16.7. The molecule has 0 fully saturated rings. The van der Waals surface area contributed by atoms with Crippen LogP contribution in [0, 0.1) is 17.0 Å². The number of anilines is 2. The molecule has 2 aromatic rings. The van der Waals surface area contributed by atoms with Crippen molar-refractivity contribution in [3.63, 3.8) is 0 Å². The lowest BCUT2D eigenvalue weighted by Crippen LogP contribution is -2.42. The normalized spacial score (nSPS) is 15.9. The molecule has 1 amide bonds. The molecule has 9 heteroatoms. The van der Waals surface area contributed by atoms with E-state index in [9.17, 15) is 22.0 Å². The molecule has 0 aliphatic carbocycles. The number of rotatable bonds is 5. The van der Waals surface area contributed by atoms with Crippen LogP contribution >= 0.6 is 0 Å². The van der Waals surface area contributed by atoms with E-state index in [-0.39, 0.29) is 24.7 Å². The predicted molar refractivity (Wildman–Crippen MR) is 105 cm³/mol. The molecule has 1 aliphatic rings. The Morgan fingerprint density at radius 3 is 2.62 bits per heavy atom. The molecule has 0 radical (unpaired) electrons. The molecule has 1 N–H and O–H groups in total. The number of amides is 1. The molecule has 3 rings (SSSR count). The van der Waals surface area contributed by atoms with E-state index >= 15 is 0 Å². The minimum atomic E-state index is -4.32. The minimum Gasteiger partial charge on any atom is -0.490 e. The molecule has 0 saturated heterocycles. The molecule has 0 aromatic heterocycles. The number of halogens is 2. The molecule has 6 nitrogen and oxygen atoms in total. The number of benzene rings is 2. The van der Waals surface area contributed by atoms with E-state index in [0.717, 1.165) is 12.1 Å². The molecule has 29 heavy (non-hydrogen) atoms. The first-order valence-corrected chi connectivity index (χ1v) is 10.2. The van der Waals surface area contributed by atoms with E-state index in [2.05, 4.69) is 11.3 Å². The van der Waals surface area contributed by atoms with Gasteiger partial charge in [-0.25, -0.2) is 17.2 Å². The summed E-state index contributed by atoms with van der Waals surface area (Å²) in [5.74, 6) is -1.90. The molecule has 0 atom stereocenters. The third-order valence-electron chi connectivity index (χ3n) is 4.41. The largest absolute Gasteiger partial charge is 0.490 e. The molecule has 0 saturated carbocycles. The monoisotopic (exact) mass is 422 g/mol. The van der Waals surface area contributed by atoms with Gasteiger partial charge in [0.1, 0.15) is 28.9 Å². The highest BCUT2D eigenvalue weighted by Gasteiger charge is 2.37. The second-order valence-corrected chi connectivity index (χ2v) is 8.89. The zero-order chi connectivity index (χ0) is 21.4. The van der Waals surface area contributed by atoms with Crippen LogP contribution in [0.25, 0.3) is 0 Å². The summed E-state index contributed by atoms with van der Waals surface area (Å²) < 4.78 is 60.1. The Morgan fingerprint density at radius 2 is 1.97 bits per heavy atom. The molecule has 0 bridgehead atoms. The van der Waals surface area contributed by atoms with Crippen molar-refractivity contribution in [1.29, 1.82) is 0 Å². The van der Waals surface area contributed by atoms with Crippen molar-refractivity contribution in [3.05, 3.63) is 60.7 Å². The highest BCUT2D eigenvalue weighted by molar-refractivity contribution is 7.92. The van der Waals surface area contributed by atoms with Gasteiger partial charge in [-0.1, -0.05) is 6.08 Å². The van der Waals surface area contributed by atoms with Gasteiger partial charge in [0.05, 0.1) is 16.8 Å². The molecule has 1 heterocycles. The van der Waals surface area contributed by atoms with Crippen LogP contribution in [-0.4, -0.2) is 27.5 Å². The Labute approximate surface area is 167 Å². The quantitative estimate of drug-likeness (QED) is 0.746. The van der Waals surface area contributed by atoms with E-state index in [4.69, 9.17) is 4.74 Å². The van der Waals surface area contributed by atoms with Crippen LogP contribution in [0.5, 0.6) is 5.75 Å². The number of sulfonamides is 1. The van der Waals surface area contributed by atoms with Crippen molar-refractivity contribution in [2.45, 2.75) is 18.7 Å². The molecule has 0 spiro atoms. The second kappa shape index (κ2) is 7.47. The molecule has 2 aromatic carbocycles. The number of carbonyl (C=O) groups excluding carboxylic acids is 1. The number of hydrogen-bond acceptors (Lipinski definition) is 4. The Kier molecular flexibility index (Phi) is 5.36. The van der Waals surface area contributed by atoms with Crippen molar-refractivity contribution in [1.82, 2.24) is 0 Å². The van der Waals surface area contributed by atoms with Gasteiger partial charge >= 0.3 is 0 Å². The maximum absolute atomic E-state index is 13.9. The average Bonchev–Trinajstić information content (AvgIpc) is 2.71. The van der Waals surface area contributed by atoms with Crippen LogP contribution in [-0.2, 0) is 14.8 Å². The molecule has 0 unspecified atom stereocenters. The third-order valence-corrected chi connectivity index (χ3v) is 5.82. The molecule has 154 valence electrons. The Balaban J connectivity index is 2.01. The summed E-state index contributed by atoms with van der Waals surface area (Å²) in [4.78, 5) is 13.6. The maximum atomic E-state index is 13.9. The average molecular weight is 422 g/mol. The van der Waals surface area contributed by atoms with Gasteiger partial charge in [0.15, 0.2) is 0 Å². The summed E-state index contributed by atoms with van der Waals surface area (Å²) in [5, 5.41) is 0. The maximum Gasteiger partial charge on any atom is 0.264 e. The fourth-order valence-electron chi connectivity index (χ4n) is 2.92. The lowest BCUT2D eigenvalue weighted by atomic mass is 9.93. The topological polar surface area (TPSA) is 75.7 Å². The van der Waals surface area contributed by atoms with Gasteiger partial charge in [-0.2, -0.15) is 0 Å². The van der Waals surface area contributed by atoms with Gasteiger partial charge in [0.25, 0.3) is 10.0 Å². The van der Waals surface area contributed by atoms with Crippen molar-refractivity contribution in [3.8, 4) is 5.75 Å². The lowest BCUT2D eigenvalue weighted by molar-refractivity contribution is -0.127. The van der Waals surface area contributed by atoms with E-state index < -0.39 is 32.0 Å². The van der Waals surface area contributed by atoms with Crippen LogP contribution in [0.1, 0.15) is 13.8 Å². The van der Waals surface area contributed by atoms with E-state index in [1.54, 1.807) is 19.9 Å². The standard InChI is InChI=1S/C20H20F2N2O4S/c1-4-9-24-16-11-14(6-7-17(16)28-12-20(2,3)19(24)25)23-29(26,27)18-8-5-13(21)10-15(18)22/h4-8,10-11,23H,1,9,12H2,2-3H3. The van der Waals surface area contributed by atoms with E-state index in [1.807, 2.05) is 0 Å². The number of ether oxygens (including phenoxy) is 1. The summed E-state index contributed by atoms with van der Waals surface area (Å²) in [5.41, 5.74) is -0.336. The van der Waals surface area contributed by atoms with Gasteiger partial charge in [-0.3, -0.25) is 9.52 Å². The number of nitrogens with zero attached hydrogens (tertiary/aromatic N) is 1. The number of nitrogens with one attached hydrogen (secondary N) is 1. The van der Waals surface area contributed by atoms with Crippen molar-refractivity contribution in [2.24, 2.45) is 5.41 Å². The Morgan fingerprint density at radius 1 is 1.24 bits per heavy atom. The summed E-state index contributed by atoms with van der Waals surface area (Å²) in [7, 11) is -4.32. The number of carbonyl (C=O) groups is 1. The summed E-state index contributed by atoms with van der Waals surface area (Å²) >= 11 is 0. The van der Waals surface area contributed by atoms with Crippen LogP contribution in [0.3, 0.4) is 0 Å². The predicted octanol–water partition coefficient (Wildman–Crippen LogP) is 3.70. The molecule has 1 aliphatic heterocycles. The minimum absolute atomic E-state index is 0.0950.